The van der Waals surface area contributed by atoms with E-state index in [-0.39, 0.29) is 10.8 Å². The molecule has 0 unspecified atom stereocenters. The van der Waals surface area contributed by atoms with Crippen molar-refractivity contribution in [3.8, 4) is 0 Å². The fourth-order valence-electron chi connectivity index (χ4n) is 2.47. The first-order valence-electron chi connectivity index (χ1n) is 7.43. The fraction of sp³-hybridized carbons (Fsp3) is 0.0588. The summed E-state index contributed by atoms with van der Waals surface area (Å²) in [5.41, 5.74) is 2.37. The molecule has 0 aliphatic carbocycles. The van der Waals surface area contributed by atoms with Crippen LogP contribution in [0.3, 0.4) is 0 Å². The van der Waals surface area contributed by atoms with E-state index in [2.05, 4.69) is 15.4 Å². The van der Waals surface area contributed by atoms with Crippen LogP contribution in [0, 0.1) is 0 Å². The standard InChI is InChI=1S/C17H15N3O5S/c1-25-17(22)10-2-7-15-13(8-10)14(16(21)20-15)9-19-11-3-5-12(6-4-11)26(18,23)24/h2-9,19H,1H3,(H,20,21)(H2,18,23,24)/b14-9+. The minimum atomic E-state index is -3.77. The Kier molecular flexibility index (Phi) is 4.49. The van der Waals surface area contributed by atoms with Gasteiger partial charge in [0.05, 0.1) is 23.1 Å². The molecule has 0 aromatic heterocycles. The van der Waals surface area contributed by atoms with Crippen molar-refractivity contribution in [3.05, 3.63) is 59.8 Å². The predicted molar refractivity (Wildman–Crippen MR) is 95.8 cm³/mol. The van der Waals surface area contributed by atoms with Crippen molar-refractivity contribution in [2.75, 3.05) is 17.7 Å². The number of carbonyl (C=O) groups is 2. The first kappa shape index (κ1) is 17.6. The molecule has 0 atom stereocenters. The van der Waals surface area contributed by atoms with Crippen molar-refractivity contribution < 1.29 is 22.7 Å². The van der Waals surface area contributed by atoms with Gasteiger partial charge in [0.25, 0.3) is 5.91 Å². The van der Waals surface area contributed by atoms with Crippen LogP contribution in [0.1, 0.15) is 15.9 Å². The number of carbonyl (C=O) groups excluding carboxylic acids is 2. The maximum absolute atomic E-state index is 12.2. The summed E-state index contributed by atoms with van der Waals surface area (Å²) in [6.45, 7) is 0. The molecular formula is C17H15N3O5S. The van der Waals surface area contributed by atoms with Gasteiger partial charge in [0.15, 0.2) is 0 Å². The lowest BCUT2D eigenvalue weighted by molar-refractivity contribution is -0.110. The number of sulfonamides is 1. The number of ether oxygens (including phenoxy) is 1. The SMILES string of the molecule is COC(=O)c1ccc2c(c1)/C(=C\Nc1ccc(S(N)(=O)=O)cc1)C(=O)N2. The summed E-state index contributed by atoms with van der Waals surface area (Å²) in [5.74, 6) is -0.825. The summed E-state index contributed by atoms with van der Waals surface area (Å²) in [6, 6.07) is 10.5. The smallest absolute Gasteiger partial charge is 0.337 e. The summed E-state index contributed by atoms with van der Waals surface area (Å²) in [7, 11) is -2.49. The molecular weight excluding hydrogens is 358 g/mol. The Morgan fingerprint density at radius 3 is 2.50 bits per heavy atom. The lowest BCUT2D eigenvalue weighted by atomic mass is 10.0. The Morgan fingerprint density at radius 1 is 1.19 bits per heavy atom. The molecule has 3 rings (SSSR count). The molecule has 26 heavy (non-hydrogen) atoms. The van der Waals surface area contributed by atoms with Gasteiger partial charge >= 0.3 is 5.97 Å². The quantitative estimate of drug-likeness (QED) is 0.551. The monoisotopic (exact) mass is 373 g/mol. The van der Waals surface area contributed by atoms with Gasteiger partial charge in [0, 0.05) is 23.1 Å². The number of hydrogen-bond acceptors (Lipinski definition) is 6. The molecule has 0 radical (unpaired) electrons. The van der Waals surface area contributed by atoms with Crippen molar-refractivity contribution in [2.45, 2.75) is 4.90 Å². The Labute approximate surface area is 149 Å². The molecule has 1 aliphatic heterocycles. The third kappa shape index (κ3) is 3.44. The van der Waals surface area contributed by atoms with E-state index in [0.29, 0.717) is 28.1 Å². The zero-order valence-corrected chi connectivity index (χ0v) is 14.5. The van der Waals surface area contributed by atoms with Gasteiger partial charge in [-0.25, -0.2) is 18.4 Å². The maximum Gasteiger partial charge on any atom is 0.337 e. The van der Waals surface area contributed by atoms with Crippen LogP contribution in [-0.2, 0) is 19.6 Å². The van der Waals surface area contributed by atoms with E-state index < -0.39 is 16.0 Å². The summed E-state index contributed by atoms with van der Waals surface area (Å²) in [6.07, 6.45) is 1.48. The topological polar surface area (TPSA) is 128 Å². The van der Waals surface area contributed by atoms with Crippen LogP contribution in [0.2, 0.25) is 0 Å². The number of fused-ring (bicyclic) bond motifs is 1. The molecule has 2 aromatic rings. The molecule has 1 amide bonds. The Balaban J connectivity index is 1.88. The average molecular weight is 373 g/mol. The lowest BCUT2D eigenvalue weighted by Gasteiger charge is -2.05. The second kappa shape index (κ2) is 6.62. The summed E-state index contributed by atoms with van der Waals surface area (Å²) in [5, 5.41) is 10.7. The van der Waals surface area contributed by atoms with E-state index in [0.717, 1.165) is 0 Å². The Hall–Kier alpha value is -3.17. The van der Waals surface area contributed by atoms with E-state index in [1.54, 1.807) is 18.2 Å². The van der Waals surface area contributed by atoms with E-state index in [4.69, 9.17) is 5.14 Å². The Morgan fingerprint density at radius 2 is 1.88 bits per heavy atom. The average Bonchev–Trinajstić information content (AvgIpc) is 2.93. The van der Waals surface area contributed by atoms with Crippen molar-refractivity contribution in [1.82, 2.24) is 0 Å². The number of rotatable bonds is 4. The van der Waals surface area contributed by atoms with Crippen molar-refractivity contribution >= 4 is 38.8 Å². The highest BCUT2D eigenvalue weighted by molar-refractivity contribution is 7.89. The molecule has 4 N–H and O–H groups in total. The molecule has 1 aliphatic rings. The minimum Gasteiger partial charge on any atom is -0.465 e. The van der Waals surface area contributed by atoms with Crippen LogP contribution in [0.25, 0.3) is 5.57 Å². The highest BCUT2D eigenvalue weighted by atomic mass is 32.2. The normalized spacial score (nSPS) is 14.7. The van der Waals surface area contributed by atoms with E-state index >= 15 is 0 Å². The van der Waals surface area contributed by atoms with E-state index in [1.165, 1.54) is 37.6 Å². The molecule has 1 heterocycles. The highest BCUT2D eigenvalue weighted by Gasteiger charge is 2.25. The summed E-state index contributed by atoms with van der Waals surface area (Å²) in [4.78, 5) is 23.8. The zero-order valence-electron chi connectivity index (χ0n) is 13.6. The largest absolute Gasteiger partial charge is 0.465 e. The maximum atomic E-state index is 12.2. The van der Waals surface area contributed by atoms with Crippen LogP contribution in [0.15, 0.2) is 53.6 Å². The number of methoxy groups -OCH3 is 1. The van der Waals surface area contributed by atoms with Crippen LogP contribution < -0.4 is 15.8 Å². The molecule has 0 spiro atoms. The fourth-order valence-corrected chi connectivity index (χ4v) is 2.99. The second-order valence-corrected chi connectivity index (χ2v) is 7.04. The van der Waals surface area contributed by atoms with Crippen molar-refractivity contribution in [1.29, 1.82) is 0 Å². The molecule has 8 nitrogen and oxygen atoms in total. The number of nitrogens with two attached hydrogens (primary N) is 1. The number of esters is 1. The predicted octanol–water partition coefficient (Wildman–Crippen LogP) is 1.53. The van der Waals surface area contributed by atoms with Gasteiger partial charge < -0.3 is 15.4 Å². The van der Waals surface area contributed by atoms with Gasteiger partial charge in [0.1, 0.15) is 0 Å². The highest BCUT2D eigenvalue weighted by Crippen LogP contribution is 2.32. The second-order valence-electron chi connectivity index (χ2n) is 5.48. The van der Waals surface area contributed by atoms with E-state index in [9.17, 15) is 18.0 Å². The van der Waals surface area contributed by atoms with Crippen LogP contribution in [0.4, 0.5) is 11.4 Å². The minimum absolute atomic E-state index is 0.0117. The molecule has 9 heteroatoms. The van der Waals surface area contributed by atoms with Gasteiger partial charge in [-0.15, -0.1) is 0 Å². The van der Waals surface area contributed by atoms with Gasteiger partial charge in [0.2, 0.25) is 10.0 Å². The number of primary sulfonamides is 1. The van der Waals surface area contributed by atoms with Gasteiger partial charge in [-0.3, -0.25) is 4.79 Å². The molecule has 0 saturated carbocycles. The lowest BCUT2D eigenvalue weighted by Crippen LogP contribution is -2.11. The van der Waals surface area contributed by atoms with Crippen LogP contribution in [-0.4, -0.2) is 27.4 Å². The zero-order chi connectivity index (χ0) is 18.9. The molecule has 134 valence electrons. The van der Waals surface area contributed by atoms with Gasteiger partial charge in [-0.1, -0.05) is 0 Å². The number of benzene rings is 2. The van der Waals surface area contributed by atoms with Gasteiger partial charge in [-0.05, 0) is 42.5 Å². The molecule has 0 fully saturated rings. The molecule has 0 bridgehead atoms. The van der Waals surface area contributed by atoms with E-state index in [1.807, 2.05) is 0 Å². The number of nitrogens with one attached hydrogen (secondary N) is 2. The van der Waals surface area contributed by atoms with Crippen LogP contribution >= 0.6 is 0 Å². The molecule has 2 aromatic carbocycles. The summed E-state index contributed by atoms with van der Waals surface area (Å²) < 4.78 is 27.2. The van der Waals surface area contributed by atoms with Crippen molar-refractivity contribution in [2.24, 2.45) is 5.14 Å². The first-order valence-corrected chi connectivity index (χ1v) is 8.98. The summed E-state index contributed by atoms with van der Waals surface area (Å²) >= 11 is 0. The third-order valence-electron chi connectivity index (χ3n) is 3.79. The first-order chi connectivity index (χ1) is 12.3. The third-order valence-corrected chi connectivity index (χ3v) is 4.72. The number of anilines is 2. The van der Waals surface area contributed by atoms with Crippen LogP contribution in [0.5, 0.6) is 0 Å². The molecule has 0 saturated heterocycles. The Bertz CT molecular complexity index is 1030. The number of amides is 1. The van der Waals surface area contributed by atoms with Crippen molar-refractivity contribution in [3.63, 3.8) is 0 Å². The van der Waals surface area contributed by atoms with Gasteiger partial charge in [-0.2, -0.15) is 0 Å². The number of hydrogen-bond donors (Lipinski definition) is 3.